The van der Waals surface area contributed by atoms with E-state index in [2.05, 4.69) is 15.6 Å². The van der Waals surface area contributed by atoms with Crippen LogP contribution in [0.1, 0.15) is 12.1 Å². The number of hydrogen-bond donors (Lipinski definition) is 3. The van der Waals surface area contributed by atoms with Gasteiger partial charge in [0.25, 0.3) is 0 Å². The highest BCUT2D eigenvalue weighted by Gasteiger charge is 2.17. The van der Waals surface area contributed by atoms with Crippen LogP contribution >= 0.6 is 22.9 Å². The van der Waals surface area contributed by atoms with E-state index in [9.17, 15) is 18.0 Å². The van der Waals surface area contributed by atoms with Gasteiger partial charge in [0.2, 0.25) is 0 Å². The van der Waals surface area contributed by atoms with Crippen molar-refractivity contribution in [2.24, 2.45) is 0 Å². The molecule has 2 rings (SSSR count). The largest absolute Gasteiger partial charge is 0.481 e. The number of nitrogens with one attached hydrogen (secondary N) is 2. The molecule has 2 amide bonds. The number of amides is 2. The molecule has 2 aromatic rings. The minimum absolute atomic E-state index is 0.00666. The maximum Gasteiger partial charge on any atom is 0.321 e. The normalized spacial score (nSPS) is 11.2. The number of carboxylic acid groups (broad SMARTS) is 1. The molecule has 26 heavy (non-hydrogen) atoms. The van der Waals surface area contributed by atoms with Gasteiger partial charge < -0.3 is 10.4 Å². The van der Waals surface area contributed by atoms with Gasteiger partial charge in [0, 0.05) is 12.8 Å². The number of sulfone groups is 1. The molecule has 0 radical (unpaired) electrons. The second-order valence-electron chi connectivity index (χ2n) is 5.38. The van der Waals surface area contributed by atoms with E-state index in [0.717, 1.165) is 6.26 Å². The Morgan fingerprint density at radius 1 is 1.35 bits per heavy atom. The van der Waals surface area contributed by atoms with Crippen LogP contribution in [0.15, 0.2) is 23.1 Å². The van der Waals surface area contributed by atoms with Crippen LogP contribution in [0.4, 0.5) is 9.93 Å². The van der Waals surface area contributed by atoms with Crippen LogP contribution in [0.2, 0.25) is 5.02 Å². The first kappa shape index (κ1) is 20.1. The lowest BCUT2D eigenvalue weighted by Crippen LogP contribution is -2.30. The van der Waals surface area contributed by atoms with Crippen LogP contribution < -0.4 is 10.6 Å². The number of anilines is 1. The van der Waals surface area contributed by atoms with Crippen LogP contribution in [0.3, 0.4) is 0 Å². The van der Waals surface area contributed by atoms with Crippen molar-refractivity contribution in [1.29, 1.82) is 0 Å². The van der Waals surface area contributed by atoms with Crippen LogP contribution in [0.25, 0.3) is 10.4 Å². The molecule has 8 nitrogen and oxygen atoms in total. The third-order valence-electron chi connectivity index (χ3n) is 3.23. The number of aromatic nitrogens is 1. The van der Waals surface area contributed by atoms with Crippen molar-refractivity contribution >= 4 is 49.9 Å². The Hall–Kier alpha value is -2.17. The molecule has 0 fully saturated rings. The molecular formula is C15H16ClN3O5S2. The van der Waals surface area contributed by atoms with Crippen LogP contribution in [0, 0.1) is 6.92 Å². The molecule has 3 N–H and O–H groups in total. The Bertz CT molecular complexity index is 956. The number of carboxylic acids is 1. The summed E-state index contributed by atoms with van der Waals surface area (Å²) in [5.41, 5.74) is 1.22. The smallest absolute Gasteiger partial charge is 0.321 e. The molecule has 0 atom stereocenters. The number of halogens is 1. The van der Waals surface area contributed by atoms with Crippen LogP contribution in [-0.2, 0) is 14.6 Å². The van der Waals surface area contributed by atoms with Gasteiger partial charge in [-0.05, 0) is 24.6 Å². The molecular weight excluding hydrogens is 402 g/mol. The van der Waals surface area contributed by atoms with E-state index in [1.54, 1.807) is 13.0 Å². The number of carbonyl (C=O) groups excluding carboxylic acids is 1. The lowest BCUT2D eigenvalue weighted by molar-refractivity contribution is -0.136. The van der Waals surface area contributed by atoms with E-state index in [4.69, 9.17) is 16.7 Å². The average molecular weight is 418 g/mol. The third-order valence-corrected chi connectivity index (χ3v) is 5.93. The number of nitrogens with zero attached hydrogens (tertiary/aromatic N) is 1. The number of aliphatic carboxylic acids is 1. The predicted molar refractivity (Wildman–Crippen MR) is 99.7 cm³/mol. The lowest BCUT2D eigenvalue weighted by Gasteiger charge is -2.05. The molecule has 1 aromatic carbocycles. The number of hydrogen-bond acceptors (Lipinski definition) is 6. The monoisotopic (exact) mass is 417 g/mol. The second kappa shape index (κ2) is 8.02. The van der Waals surface area contributed by atoms with E-state index < -0.39 is 21.8 Å². The standard InChI is InChI=1S/C15H16ClN3O5S2/c1-8-13(9-3-4-10(16)11(7-9)26(2,23)24)25-15(18-8)19-14(22)17-6-5-12(20)21/h3-4,7H,5-6H2,1-2H3,(H,20,21)(H2,17,18,19,22). The summed E-state index contributed by atoms with van der Waals surface area (Å²) in [6, 6.07) is 4.07. The fourth-order valence-electron chi connectivity index (χ4n) is 2.07. The summed E-state index contributed by atoms with van der Waals surface area (Å²) in [5, 5.41) is 13.9. The number of carbonyl (C=O) groups is 2. The molecule has 0 bridgehead atoms. The number of rotatable bonds is 6. The number of thiazole rings is 1. The van der Waals surface area contributed by atoms with Crippen molar-refractivity contribution in [3.63, 3.8) is 0 Å². The highest BCUT2D eigenvalue weighted by atomic mass is 35.5. The Morgan fingerprint density at radius 2 is 2.04 bits per heavy atom. The minimum Gasteiger partial charge on any atom is -0.481 e. The Labute approximate surface area is 159 Å². The summed E-state index contributed by atoms with van der Waals surface area (Å²) in [5.74, 6) is -1.01. The maximum atomic E-state index is 11.8. The molecule has 1 aromatic heterocycles. The zero-order valence-corrected chi connectivity index (χ0v) is 16.3. The lowest BCUT2D eigenvalue weighted by atomic mass is 10.2. The quantitative estimate of drug-likeness (QED) is 0.663. The SMILES string of the molecule is Cc1nc(NC(=O)NCCC(=O)O)sc1-c1ccc(Cl)c(S(C)(=O)=O)c1. The number of benzene rings is 1. The van der Waals surface area contributed by atoms with E-state index in [1.165, 1.54) is 23.5 Å². The summed E-state index contributed by atoms with van der Waals surface area (Å²) < 4.78 is 23.6. The highest BCUT2D eigenvalue weighted by Crippen LogP contribution is 2.35. The van der Waals surface area contributed by atoms with Crippen molar-refractivity contribution in [1.82, 2.24) is 10.3 Å². The molecule has 0 aliphatic carbocycles. The molecule has 0 saturated heterocycles. The van der Waals surface area contributed by atoms with E-state index in [0.29, 0.717) is 21.3 Å². The fourth-order valence-corrected chi connectivity index (χ4v) is 4.33. The van der Waals surface area contributed by atoms with Gasteiger partial charge in [-0.2, -0.15) is 0 Å². The van der Waals surface area contributed by atoms with Gasteiger partial charge in [0.05, 0.1) is 26.9 Å². The summed E-state index contributed by atoms with van der Waals surface area (Å²) in [7, 11) is -3.48. The van der Waals surface area contributed by atoms with E-state index in [-0.39, 0.29) is 22.9 Å². The summed E-state index contributed by atoms with van der Waals surface area (Å²) in [6.45, 7) is 1.72. The molecule has 0 unspecified atom stereocenters. The first-order valence-electron chi connectivity index (χ1n) is 7.32. The van der Waals surface area contributed by atoms with Crippen molar-refractivity contribution in [3.05, 3.63) is 28.9 Å². The van der Waals surface area contributed by atoms with Gasteiger partial charge in [-0.1, -0.05) is 29.0 Å². The molecule has 11 heteroatoms. The van der Waals surface area contributed by atoms with Crippen molar-refractivity contribution in [2.45, 2.75) is 18.2 Å². The molecule has 0 spiro atoms. The number of aryl methyl sites for hydroxylation is 1. The third kappa shape index (κ3) is 5.16. The predicted octanol–water partition coefficient (Wildman–Crippen LogP) is 2.77. The summed E-state index contributed by atoms with van der Waals surface area (Å²) in [4.78, 5) is 27.1. The van der Waals surface area contributed by atoms with Gasteiger partial charge in [0.1, 0.15) is 0 Å². The first-order valence-corrected chi connectivity index (χ1v) is 10.4. The zero-order chi connectivity index (χ0) is 19.5. The topological polar surface area (TPSA) is 125 Å². The first-order chi connectivity index (χ1) is 12.1. The van der Waals surface area contributed by atoms with Gasteiger partial charge in [-0.15, -0.1) is 0 Å². The minimum atomic E-state index is -3.48. The molecule has 140 valence electrons. The molecule has 0 saturated carbocycles. The van der Waals surface area contributed by atoms with Gasteiger partial charge >= 0.3 is 12.0 Å². The van der Waals surface area contributed by atoms with Gasteiger partial charge in [0.15, 0.2) is 15.0 Å². The second-order valence-corrected chi connectivity index (χ2v) is 8.77. The Kier molecular flexibility index (Phi) is 6.21. The summed E-state index contributed by atoms with van der Waals surface area (Å²) >= 11 is 7.12. The van der Waals surface area contributed by atoms with Crippen molar-refractivity contribution in [3.8, 4) is 10.4 Å². The Morgan fingerprint density at radius 3 is 2.65 bits per heavy atom. The Balaban J connectivity index is 2.20. The molecule has 0 aliphatic rings. The van der Waals surface area contributed by atoms with Crippen molar-refractivity contribution < 1.29 is 23.1 Å². The number of urea groups is 1. The van der Waals surface area contributed by atoms with Crippen molar-refractivity contribution in [2.75, 3.05) is 18.1 Å². The van der Waals surface area contributed by atoms with Gasteiger partial charge in [-0.3, -0.25) is 10.1 Å². The molecule has 1 heterocycles. The van der Waals surface area contributed by atoms with E-state index in [1.807, 2.05) is 0 Å². The van der Waals surface area contributed by atoms with Crippen LogP contribution in [-0.4, -0.2) is 43.3 Å². The highest BCUT2D eigenvalue weighted by molar-refractivity contribution is 7.90. The summed E-state index contributed by atoms with van der Waals surface area (Å²) in [6.07, 6.45) is 0.889. The molecule has 0 aliphatic heterocycles. The fraction of sp³-hybridized carbons (Fsp3) is 0.267. The van der Waals surface area contributed by atoms with E-state index >= 15 is 0 Å². The zero-order valence-electron chi connectivity index (χ0n) is 13.9. The van der Waals surface area contributed by atoms with Gasteiger partial charge in [-0.25, -0.2) is 18.2 Å². The van der Waals surface area contributed by atoms with Crippen LogP contribution in [0.5, 0.6) is 0 Å². The maximum absolute atomic E-state index is 11.8. The average Bonchev–Trinajstić information content (AvgIpc) is 2.86.